The van der Waals surface area contributed by atoms with Gasteiger partial charge in [-0.05, 0) is 42.5 Å². The molecule has 3 rings (SSSR count). The number of alkyl halides is 1. The first-order valence-corrected chi connectivity index (χ1v) is 7.14. The van der Waals surface area contributed by atoms with Crippen LogP contribution in [0.2, 0.25) is 0 Å². The summed E-state index contributed by atoms with van der Waals surface area (Å²) in [5, 5.41) is 3.13. The summed E-state index contributed by atoms with van der Waals surface area (Å²) in [4.78, 5) is 11.8. The molecule has 1 aromatic carbocycles. The Balaban J connectivity index is 1.92. The molecule has 0 aliphatic heterocycles. The third kappa shape index (κ3) is 2.70. The van der Waals surface area contributed by atoms with E-state index in [1.165, 1.54) is 19.1 Å². The van der Waals surface area contributed by atoms with E-state index in [4.69, 9.17) is 5.73 Å². The molecule has 0 saturated heterocycles. The van der Waals surface area contributed by atoms with Crippen LogP contribution in [-0.2, 0) is 6.42 Å². The van der Waals surface area contributed by atoms with Crippen LogP contribution in [0.15, 0.2) is 18.2 Å². The van der Waals surface area contributed by atoms with E-state index in [9.17, 15) is 8.78 Å². The number of fused-ring (bicyclic) bond motifs is 1. The molecule has 1 aromatic heterocycles. The average Bonchev–Trinajstić information content (AvgIpc) is 2.74. The molecule has 0 fully saturated rings. The van der Waals surface area contributed by atoms with Crippen molar-refractivity contribution in [1.82, 2.24) is 15.0 Å². The lowest BCUT2D eigenvalue weighted by Crippen LogP contribution is -2.18. The van der Waals surface area contributed by atoms with Gasteiger partial charge < -0.3 is 11.1 Å². The van der Waals surface area contributed by atoms with Crippen molar-refractivity contribution in [2.75, 3.05) is 11.1 Å². The van der Waals surface area contributed by atoms with Crippen LogP contribution >= 0.6 is 0 Å². The first kappa shape index (κ1) is 14.6. The molecule has 1 heterocycles. The Bertz CT molecular complexity index is 704. The van der Waals surface area contributed by atoms with Gasteiger partial charge in [-0.3, -0.25) is 0 Å². The summed E-state index contributed by atoms with van der Waals surface area (Å²) in [6, 6.07) is 4.62. The van der Waals surface area contributed by atoms with Crippen molar-refractivity contribution in [3.63, 3.8) is 0 Å². The van der Waals surface area contributed by atoms with Gasteiger partial charge in [-0.25, -0.2) is 8.78 Å². The number of hydrogen-bond donors (Lipinski definition) is 2. The van der Waals surface area contributed by atoms with Gasteiger partial charge in [-0.15, -0.1) is 0 Å². The largest absolute Gasteiger partial charge is 0.368 e. The number of benzene rings is 1. The molecule has 0 saturated carbocycles. The van der Waals surface area contributed by atoms with Crippen molar-refractivity contribution in [2.24, 2.45) is 5.92 Å². The molecule has 22 heavy (non-hydrogen) atoms. The van der Waals surface area contributed by atoms with E-state index in [1.807, 2.05) is 0 Å². The van der Waals surface area contributed by atoms with Gasteiger partial charge in [-0.2, -0.15) is 15.0 Å². The summed E-state index contributed by atoms with van der Waals surface area (Å²) in [6.07, 6.45) is -0.503. The second-order valence-corrected chi connectivity index (χ2v) is 5.64. The number of anilines is 2. The fourth-order valence-electron chi connectivity index (χ4n) is 2.82. The molecule has 0 radical (unpaired) electrons. The zero-order chi connectivity index (χ0) is 15.9. The summed E-state index contributed by atoms with van der Waals surface area (Å²) in [5.41, 5.74) is 7.56. The maximum Gasteiger partial charge on any atom is 0.228 e. The van der Waals surface area contributed by atoms with Gasteiger partial charge in [0.1, 0.15) is 5.82 Å². The maximum absolute atomic E-state index is 13.5. The molecule has 1 aliphatic carbocycles. The minimum Gasteiger partial charge on any atom is -0.368 e. The van der Waals surface area contributed by atoms with Crippen LogP contribution < -0.4 is 11.1 Å². The topological polar surface area (TPSA) is 76.7 Å². The molecule has 1 aliphatic rings. The van der Waals surface area contributed by atoms with Crippen LogP contribution in [0.1, 0.15) is 43.0 Å². The van der Waals surface area contributed by atoms with E-state index in [0.717, 1.165) is 17.5 Å². The molecule has 116 valence electrons. The Morgan fingerprint density at radius 3 is 2.82 bits per heavy atom. The zero-order valence-electron chi connectivity index (χ0n) is 12.3. The molecule has 0 spiro atoms. The van der Waals surface area contributed by atoms with Crippen LogP contribution in [0.25, 0.3) is 0 Å². The fourth-order valence-corrected chi connectivity index (χ4v) is 2.82. The average molecular weight is 305 g/mol. The van der Waals surface area contributed by atoms with Crippen LogP contribution in [0.3, 0.4) is 0 Å². The van der Waals surface area contributed by atoms with Crippen molar-refractivity contribution < 1.29 is 8.78 Å². The second kappa shape index (κ2) is 5.47. The first-order valence-electron chi connectivity index (χ1n) is 7.14. The SMILES string of the molecule is C[C@H](F)c1nc(N)nc(N[C@H]2c3cc(F)ccc3C[C@H]2C)n1. The highest BCUT2D eigenvalue weighted by atomic mass is 19.1. The highest BCUT2D eigenvalue weighted by Gasteiger charge is 2.30. The molecule has 0 bridgehead atoms. The van der Waals surface area contributed by atoms with E-state index in [2.05, 4.69) is 27.2 Å². The van der Waals surface area contributed by atoms with Crippen LogP contribution in [0.4, 0.5) is 20.7 Å². The predicted octanol–water partition coefficient (Wildman–Crippen LogP) is 2.97. The highest BCUT2D eigenvalue weighted by molar-refractivity contribution is 5.43. The van der Waals surface area contributed by atoms with E-state index in [-0.39, 0.29) is 35.5 Å². The molecular weight excluding hydrogens is 288 g/mol. The number of rotatable bonds is 3. The smallest absolute Gasteiger partial charge is 0.228 e. The fraction of sp³-hybridized carbons (Fsp3) is 0.400. The molecule has 0 amide bonds. The molecule has 3 N–H and O–H groups in total. The van der Waals surface area contributed by atoms with Crippen LogP contribution in [0.5, 0.6) is 0 Å². The predicted molar refractivity (Wildman–Crippen MR) is 79.4 cm³/mol. The maximum atomic E-state index is 13.5. The van der Waals surface area contributed by atoms with Crippen molar-refractivity contribution in [1.29, 1.82) is 0 Å². The Hall–Kier alpha value is -2.31. The minimum atomic E-state index is -1.34. The van der Waals surface area contributed by atoms with Gasteiger partial charge in [-0.1, -0.05) is 13.0 Å². The molecule has 0 unspecified atom stereocenters. The number of hydrogen-bond acceptors (Lipinski definition) is 5. The molecule has 7 heteroatoms. The van der Waals surface area contributed by atoms with Gasteiger partial charge in [0.05, 0.1) is 6.04 Å². The standard InChI is InChI=1S/C15H17F2N5/c1-7-5-9-3-4-10(17)6-11(9)12(7)19-15-21-13(8(2)16)20-14(18)22-15/h3-4,6-8,12H,5H2,1-2H3,(H3,18,19,20,21,22)/t7-,8+,12-/m1/s1. The summed E-state index contributed by atoms with van der Waals surface area (Å²) in [5.74, 6) is 0.108. The van der Waals surface area contributed by atoms with Crippen LogP contribution in [-0.4, -0.2) is 15.0 Å². The zero-order valence-corrected chi connectivity index (χ0v) is 12.3. The number of nitrogens with one attached hydrogen (secondary N) is 1. The summed E-state index contributed by atoms with van der Waals surface area (Å²) in [7, 11) is 0. The monoisotopic (exact) mass is 305 g/mol. The van der Waals surface area contributed by atoms with Gasteiger partial charge >= 0.3 is 0 Å². The lowest BCUT2D eigenvalue weighted by atomic mass is 10.0. The van der Waals surface area contributed by atoms with Crippen LogP contribution in [0, 0.1) is 11.7 Å². The summed E-state index contributed by atoms with van der Waals surface area (Å²) >= 11 is 0. The Labute approximate surface area is 127 Å². The van der Waals surface area contributed by atoms with Gasteiger partial charge in [0.2, 0.25) is 11.9 Å². The number of halogens is 2. The quantitative estimate of drug-likeness (QED) is 0.911. The Morgan fingerprint density at radius 1 is 1.32 bits per heavy atom. The molecule has 2 aromatic rings. The Morgan fingerprint density at radius 2 is 2.09 bits per heavy atom. The highest BCUT2D eigenvalue weighted by Crippen LogP contribution is 2.38. The second-order valence-electron chi connectivity index (χ2n) is 5.64. The molecule has 5 nitrogen and oxygen atoms in total. The van der Waals surface area contributed by atoms with Crippen molar-refractivity contribution in [2.45, 2.75) is 32.5 Å². The third-order valence-corrected chi connectivity index (χ3v) is 3.86. The van der Waals surface area contributed by atoms with E-state index in [0.29, 0.717) is 0 Å². The van der Waals surface area contributed by atoms with Crippen molar-refractivity contribution >= 4 is 11.9 Å². The lowest BCUT2D eigenvalue weighted by molar-refractivity contribution is 0.356. The first-order chi connectivity index (χ1) is 10.4. The number of nitrogen functional groups attached to an aromatic ring is 1. The summed E-state index contributed by atoms with van der Waals surface area (Å²) in [6.45, 7) is 3.39. The van der Waals surface area contributed by atoms with Gasteiger partial charge in [0.25, 0.3) is 0 Å². The van der Waals surface area contributed by atoms with Crippen molar-refractivity contribution in [3.8, 4) is 0 Å². The van der Waals surface area contributed by atoms with E-state index in [1.54, 1.807) is 6.07 Å². The number of aromatic nitrogens is 3. The molecular formula is C15H17F2N5. The Kier molecular flexibility index (Phi) is 3.64. The van der Waals surface area contributed by atoms with Crippen molar-refractivity contribution in [3.05, 3.63) is 41.0 Å². The van der Waals surface area contributed by atoms with Gasteiger partial charge in [0, 0.05) is 0 Å². The number of nitrogens with two attached hydrogens (primary N) is 1. The minimum absolute atomic E-state index is 0.0138. The normalized spacial score (nSPS) is 21.5. The van der Waals surface area contributed by atoms with E-state index >= 15 is 0 Å². The lowest BCUT2D eigenvalue weighted by Gasteiger charge is -2.19. The molecule has 3 atom stereocenters. The summed E-state index contributed by atoms with van der Waals surface area (Å²) < 4.78 is 26.9. The van der Waals surface area contributed by atoms with Gasteiger partial charge in [0.15, 0.2) is 12.0 Å². The number of nitrogens with zero attached hydrogens (tertiary/aromatic N) is 3. The van der Waals surface area contributed by atoms with E-state index < -0.39 is 6.17 Å². The third-order valence-electron chi connectivity index (χ3n) is 3.86.